The van der Waals surface area contributed by atoms with Crippen molar-refractivity contribution in [3.63, 3.8) is 0 Å². The van der Waals surface area contributed by atoms with Crippen molar-refractivity contribution in [2.24, 2.45) is 0 Å². The van der Waals surface area contributed by atoms with Crippen LogP contribution in [0.4, 0.5) is 16.6 Å². The van der Waals surface area contributed by atoms with Crippen LogP contribution in [0.25, 0.3) is 11.3 Å². The molecule has 0 saturated carbocycles. The van der Waals surface area contributed by atoms with E-state index < -0.39 is 0 Å². The molecule has 3 aliphatic rings. The number of aromatic nitrogens is 5. The van der Waals surface area contributed by atoms with Gasteiger partial charge >= 0.3 is 6.03 Å². The molecule has 0 spiro atoms. The number of nitrogens with zero attached hydrogens (tertiary/aromatic N) is 8. The van der Waals surface area contributed by atoms with E-state index in [9.17, 15) is 4.79 Å². The van der Waals surface area contributed by atoms with Crippen LogP contribution in [0.2, 0.25) is 0 Å². The SMILES string of the molecule is C[C@H]1CCCCN1c1nnc2ccc(O[C@@H]3CC[C@H](NC(=O)Nc4cc(C(C)(C)C)nn4-c4ccc(CN5CCN(C)CC5)cc4)c4ccccc43)cn12.O=CO. The van der Waals surface area contributed by atoms with E-state index in [1.807, 2.05) is 41.2 Å². The molecule has 5 aromatic rings. The molecule has 2 fully saturated rings. The summed E-state index contributed by atoms with van der Waals surface area (Å²) in [6, 6.07) is 22.8. The van der Waals surface area contributed by atoms with Crippen LogP contribution in [0.15, 0.2) is 72.9 Å². The van der Waals surface area contributed by atoms with Crippen LogP contribution in [0, 0.1) is 0 Å². The normalized spacial score (nSPS) is 20.3. The van der Waals surface area contributed by atoms with Crippen molar-refractivity contribution in [1.29, 1.82) is 0 Å². The molecular weight excluding hydrogens is 721 g/mol. The summed E-state index contributed by atoms with van der Waals surface area (Å²) in [5.41, 5.74) is 5.86. The second-order valence-electron chi connectivity index (χ2n) is 16.5. The number of carbonyl (C=O) groups excluding carboxylic acids is 1. The van der Waals surface area contributed by atoms with E-state index in [1.54, 1.807) is 0 Å². The van der Waals surface area contributed by atoms with Crippen LogP contribution in [0.5, 0.6) is 5.75 Å². The third kappa shape index (κ3) is 9.23. The molecule has 0 bridgehead atoms. The number of likely N-dealkylation sites (N-methyl/N-ethyl adjacent to an activating group) is 1. The van der Waals surface area contributed by atoms with Gasteiger partial charge in [-0.3, -0.25) is 19.4 Å². The number of benzene rings is 2. The van der Waals surface area contributed by atoms with Crippen molar-refractivity contribution in [2.45, 2.75) is 89.9 Å². The number of ether oxygens (including phenoxy) is 1. The Bertz CT molecular complexity index is 2130. The van der Waals surface area contributed by atoms with Crippen molar-refractivity contribution in [3.8, 4) is 11.4 Å². The van der Waals surface area contributed by atoms with E-state index >= 15 is 0 Å². The van der Waals surface area contributed by atoms with E-state index in [4.69, 9.17) is 19.7 Å². The largest absolute Gasteiger partial charge is 0.484 e. The number of hydrogen-bond acceptors (Lipinski definition) is 9. The van der Waals surface area contributed by atoms with Gasteiger partial charge in [0, 0.05) is 56.8 Å². The summed E-state index contributed by atoms with van der Waals surface area (Å²) in [7, 11) is 2.18. The first kappa shape index (κ1) is 39.8. The second-order valence-corrected chi connectivity index (χ2v) is 16.5. The molecule has 3 N–H and O–H groups in total. The zero-order valence-electron chi connectivity index (χ0n) is 33.8. The minimum absolute atomic E-state index is 0.149. The van der Waals surface area contributed by atoms with Crippen molar-refractivity contribution >= 4 is 29.9 Å². The fourth-order valence-corrected chi connectivity index (χ4v) is 8.06. The molecule has 2 aliphatic heterocycles. The lowest BCUT2D eigenvalue weighted by molar-refractivity contribution is -0.122. The Labute approximate surface area is 334 Å². The van der Waals surface area contributed by atoms with Gasteiger partial charge in [-0.2, -0.15) is 5.10 Å². The van der Waals surface area contributed by atoms with Crippen LogP contribution in [-0.4, -0.2) is 97.6 Å². The summed E-state index contributed by atoms with van der Waals surface area (Å²) in [6.45, 7) is 14.7. The number of amides is 2. The number of anilines is 2. The van der Waals surface area contributed by atoms with E-state index in [0.717, 1.165) is 105 Å². The molecule has 3 aromatic heterocycles. The number of pyridine rings is 1. The number of hydrogen-bond donors (Lipinski definition) is 3. The minimum Gasteiger partial charge on any atom is -0.484 e. The van der Waals surface area contributed by atoms with Gasteiger partial charge in [0.25, 0.3) is 6.47 Å². The minimum atomic E-state index is -0.264. The highest BCUT2D eigenvalue weighted by atomic mass is 16.5. The number of rotatable bonds is 8. The summed E-state index contributed by atoms with van der Waals surface area (Å²) >= 11 is 0. The lowest BCUT2D eigenvalue weighted by Gasteiger charge is -2.33. The second kappa shape index (κ2) is 17.3. The molecule has 2 aromatic carbocycles. The van der Waals surface area contributed by atoms with Crippen molar-refractivity contribution in [1.82, 2.24) is 39.5 Å². The van der Waals surface area contributed by atoms with Crippen LogP contribution in [-0.2, 0) is 16.8 Å². The fraction of sp³-hybridized carbons (Fsp3) is 0.465. The smallest absolute Gasteiger partial charge is 0.320 e. The molecule has 0 unspecified atom stereocenters. The quantitative estimate of drug-likeness (QED) is 0.144. The third-order valence-electron chi connectivity index (χ3n) is 11.3. The highest BCUT2D eigenvalue weighted by Gasteiger charge is 2.31. The van der Waals surface area contributed by atoms with E-state index in [-0.39, 0.29) is 30.1 Å². The summed E-state index contributed by atoms with van der Waals surface area (Å²) in [5.74, 6) is 2.28. The van der Waals surface area contributed by atoms with Gasteiger partial charge in [-0.05, 0) is 87.0 Å². The van der Waals surface area contributed by atoms with Crippen LogP contribution < -0.4 is 20.3 Å². The van der Waals surface area contributed by atoms with Gasteiger partial charge in [0.1, 0.15) is 17.7 Å². The van der Waals surface area contributed by atoms with Crippen LogP contribution in [0.1, 0.15) is 94.3 Å². The van der Waals surface area contributed by atoms with E-state index in [2.05, 4.69) is 111 Å². The van der Waals surface area contributed by atoms with Crippen molar-refractivity contribution in [2.75, 3.05) is 50.0 Å². The number of piperazine rings is 1. The van der Waals surface area contributed by atoms with Gasteiger partial charge in [-0.25, -0.2) is 9.48 Å². The maximum atomic E-state index is 13.8. The van der Waals surface area contributed by atoms with Crippen molar-refractivity contribution < 1.29 is 19.4 Å². The Kier molecular flexibility index (Phi) is 12.1. The number of nitrogens with one attached hydrogen (secondary N) is 2. The molecule has 2 saturated heterocycles. The zero-order chi connectivity index (χ0) is 40.1. The molecule has 14 heteroatoms. The first-order valence-corrected chi connectivity index (χ1v) is 20.1. The molecule has 8 rings (SSSR count). The Balaban J connectivity index is 0.00000160. The topological polar surface area (TPSA) is 145 Å². The third-order valence-corrected chi connectivity index (χ3v) is 11.3. The van der Waals surface area contributed by atoms with E-state index in [0.29, 0.717) is 11.9 Å². The van der Waals surface area contributed by atoms with Gasteiger partial charge in [0.05, 0.1) is 23.6 Å². The number of carboxylic acid groups (broad SMARTS) is 1. The number of urea groups is 1. The van der Waals surface area contributed by atoms with Crippen molar-refractivity contribution in [3.05, 3.63) is 95.3 Å². The highest BCUT2D eigenvalue weighted by Crippen LogP contribution is 2.39. The lowest BCUT2D eigenvalue weighted by atomic mass is 9.85. The maximum Gasteiger partial charge on any atom is 0.320 e. The molecule has 57 heavy (non-hydrogen) atoms. The fourth-order valence-electron chi connectivity index (χ4n) is 8.06. The average Bonchev–Trinajstić information content (AvgIpc) is 3.82. The number of carbonyl (C=O) groups is 2. The first-order chi connectivity index (χ1) is 27.5. The number of fused-ring (bicyclic) bond motifs is 2. The Hall–Kier alpha value is -5.47. The first-order valence-electron chi connectivity index (χ1n) is 20.1. The van der Waals surface area contributed by atoms with Crippen LogP contribution >= 0.6 is 0 Å². The standard InChI is InChI=1S/C42H54N10O2.CH2O2/c1-29-10-8-9-21-50(29)41-46-45-38-20-17-32(28-51(38)41)54-36-19-18-35(33-11-6-7-12-34(33)36)43-40(53)44-39-26-37(42(2,3)4)47-52(39)31-15-13-30(14-16-31)27-49-24-22-48(5)23-25-49;2-1-3/h6-7,11-17,20,26,28-29,35-36H,8-10,18-19,21-25,27H2,1-5H3,(H2,43,44,53);1H,(H,2,3)/t29-,35-,36+;/m0./s1. The summed E-state index contributed by atoms with van der Waals surface area (Å²) in [4.78, 5) is 29.4. The summed E-state index contributed by atoms with van der Waals surface area (Å²) in [6.07, 6.45) is 6.92. The molecule has 0 radical (unpaired) electrons. The zero-order valence-corrected chi connectivity index (χ0v) is 33.8. The predicted molar refractivity (Wildman–Crippen MR) is 221 cm³/mol. The molecule has 3 atom stereocenters. The average molecular weight is 777 g/mol. The Morgan fingerprint density at radius 2 is 1.67 bits per heavy atom. The monoisotopic (exact) mass is 776 g/mol. The number of piperidine rings is 1. The molecule has 302 valence electrons. The van der Waals surface area contributed by atoms with Crippen LogP contribution in [0.3, 0.4) is 0 Å². The molecule has 5 heterocycles. The summed E-state index contributed by atoms with van der Waals surface area (Å²) < 4.78 is 10.6. The molecular formula is C43H56N10O4. The van der Waals surface area contributed by atoms with Gasteiger partial charge in [0.2, 0.25) is 5.95 Å². The van der Waals surface area contributed by atoms with Gasteiger partial charge in [-0.15, -0.1) is 10.2 Å². The predicted octanol–water partition coefficient (Wildman–Crippen LogP) is 6.82. The van der Waals surface area contributed by atoms with Gasteiger partial charge in [-0.1, -0.05) is 57.2 Å². The molecule has 1 aliphatic carbocycles. The van der Waals surface area contributed by atoms with E-state index in [1.165, 1.54) is 12.0 Å². The van der Waals surface area contributed by atoms with Gasteiger partial charge < -0.3 is 25.0 Å². The molecule has 14 nitrogen and oxygen atoms in total. The molecule has 2 amide bonds. The Morgan fingerprint density at radius 3 is 2.39 bits per heavy atom. The lowest BCUT2D eigenvalue weighted by Crippen LogP contribution is -2.43. The highest BCUT2D eigenvalue weighted by molar-refractivity contribution is 5.89. The summed E-state index contributed by atoms with van der Waals surface area (Å²) in [5, 5.41) is 27.3. The maximum absolute atomic E-state index is 13.8. The van der Waals surface area contributed by atoms with Gasteiger partial charge in [0.15, 0.2) is 5.65 Å². The Morgan fingerprint density at radius 1 is 0.930 bits per heavy atom.